The van der Waals surface area contributed by atoms with Gasteiger partial charge in [-0.15, -0.1) is 11.8 Å². The van der Waals surface area contributed by atoms with Crippen molar-refractivity contribution in [1.29, 1.82) is 0 Å². The molecule has 2 unspecified atom stereocenters. The zero-order chi connectivity index (χ0) is 15.3. The fourth-order valence-corrected chi connectivity index (χ4v) is 3.77. The second kappa shape index (κ2) is 7.33. The van der Waals surface area contributed by atoms with Gasteiger partial charge in [-0.1, -0.05) is 30.3 Å². The van der Waals surface area contributed by atoms with E-state index in [4.69, 9.17) is 0 Å². The van der Waals surface area contributed by atoms with Crippen LogP contribution in [0.3, 0.4) is 0 Å². The van der Waals surface area contributed by atoms with Crippen LogP contribution < -0.4 is 5.32 Å². The van der Waals surface area contributed by atoms with Gasteiger partial charge in [-0.2, -0.15) is 11.8 Å². The second-order valence-electron chi connectivity index (χ2n) is 5.27. The molecular formula is C15H20N2O2S2. The Morgan fingerprint density at radius 1 is 1.52 bits per heavy atom. The van der Waals surface area contributed by atoms with Crippen molar-refractivity contribution in [3.8, 4) is 0 Å². The fraction of sp³-hybridized carbons (Fsp3) is 0.467. The molecule has 1 aromatic rings. The Morgan fingerprint density at radius 2 is 2.24 bits per heavy atom. The molecule has 0 saturated heterocycles. The van der Waals surface area contributed by atoms with Gasteiger partial charge in [0, 0.05) is 23.6 Å². The summed E-state index contributed by atoms with van der Waals surface area (Å²) in [5, 5.41) is 13.8. The Morgan fingerprint density at radius 3 is 2.90 bits per heavy atom. The van der Waals surface area contributed by atoms with Crippen molar-refractivity contribution < 1.29 is 9.90 Å². The summed E-state index contributed by atoms with van der Waals surface area (Å²) >= 11 is 3.16. The van der Waals surface area contributed by atoms with E-state index in [1.54, 1.807) is 30.4 Å². The number of thioether (sulfide) groups is 2. The Hall–Kier alpha value is -0.980. The number of nitrogens with one attached hydrogen (secondary N) is 1. The maximum absolute atomic E-state index is 12.1. The number of carbonyl (C=O) groups is 1. The first-order valence-electron chi connectivity index (χ1n) is 6.77. The van der Waals surface area contributed by atoms with Crippen LogP contribution >= 0.6 is 23.5 Å². The first kappa shape index (κ1) is 16.4. The molecule has 2 rings (SSSR count). The molecule has 0 spiro atoms. The lowest BCUT2D eigenvalue weighted by atomic mass is 10.1. The molecule has 4 nitrogen and oxygen atoms in total. The van der Waals surface area contributed by atoms with E-state index in [9.17, 15) is 9.90 Å². The summed E-state index contributed by atoms with van der Waals surface area (Å²) in [4.78, 5) is 16.6. The molecule has 1 heterocycles. The van der Waals surface area contributed by atoms with Crippen LogP contribution in [-0.2, 0) is 4.79 Å². The molecule has 1 aliphatic heterocycles. The SMILES string of the molecule is CSCC(C)(O)CNC(=O)C1CSC(c2ccccc2)=N1. The Bertz CT molecular complexity index is 518. The van der Waals surface area contributed by atoms with Gasteiger partial charge in [0.1, 0.15) is 6.04 Å². The minimum Gasteiger partial charge on any atom is -0.387 e. The van der Waals surface area contributed by atoms with Gasteiger partial charge < -0.3 is 10.4 Å². The smallest absolute Gasteiger partial charge is 0.245 e. The summed E-state index contributed by atoms with van der Waals surface area (Å²) in [7, 11) is 0. The summed E-state index contributed by atoms with van der Waals surface area (Å²) < 4.78 is 0. The Kier molecular flexibility index (Phi) is 5.72. The molecule has 0 fully saturated rings. The molecule has 2 N–H and O–H groups in total. The van der Waals surface area contributed by atoms with Gasteiger partial charge >= 0.3 is 0 Å². The minimum atomic E-state index is -0.882. The predicted octanol–water partition coefficient (Wildman–Crippen LogP) is 1.78. The van der Waals surface area contributed by atoms with Gasteiger partial charge in [0.25, 0.3) is 0 Å². The van der Waals surface area contributed by atoms with Crippen LogP contribution in [0.1, 0.15) is 12.5 Å². The van der Waals surface area contributed by atoms with E-state index in [2.05, 4.69) is 10.3 Å². The molecule has 1 aromatic carbocycles. The minimum absolute atomic E-state index is 0.116. The standard InChI is InChI=1S/C15H20N2O2S2/c1-15(19,10-20-2)9-16-13(18)12-8-21-14(17-12)11-6-4-3-5-7-11/h3-7,12,19H,8-10H2,1-2H3,(H,16,18). The zero-order valence-corrected chi connectivity index (χ0v) is 13.8. The summed E-state index contributed by atoms with van der Waals surface area (Å²) in [6.07, 6.45) is 1.93. The fourth-order valence-electron chi connectivity index (χ4n) is 2.00. The molecule has 1 aliphatic rings. The van der Waals surface area contributed by atoms with Crippen molar-refractivity contribution in [3.63, 3.8) is 0 Å². The number of aliphatic hydroxyl groups is 1. The first-order valence-corrected chi connectivity index (χ1v) is 9.15. The number of carbonyl (C=O) groups excluding carboxylic acids is 1. The van der Waals surface area contributed by atoms with Crippen molar-refractivity contribution >= 4 is 34.5 Å². The molecule has 2 atom stereocenters. The maximum Gasteiger partial charge on any atom is 0.245 e. The third kappa shape index (κ3) is 4.76. The van der Waals surface area contributed by atoms with E-state index in [0.29, 0.717) is 11.5 Å². The van der Waals surface area contributed by atoms with E-state index in [1.165, 1.54) is 0 Å². The molecule has 6 heteroatoms. The number of hydrogen-bond acceptors (Lipinski definition) is 5. The third-order valence-electron chi connectivity index (χ3n) is 3.07. The van der Waals surface area contributed by atoms with E-state index in [1.807, 2.05) is 36.6 Å². The highest BCUT2D eigenvalue weighted by Crippen LogP contribution is 2.23. The molecule has 114 valence electrons. The lowest BCUT2D eigenvalue weighted by Crippen LogP contribution is -2.45. The average molecular weight is 324 g/mol. The van der Waals surface area contributed by atoms with Crippen LogP contribution in [-0.4, -0.2) is 52.0 Å². The Balaban J connectivity index is 1.91. The van der Waals surface area contributed by atoms with Crippen molar-refractivity contribution in [3.05, 3.63) is 35.9 Å². The predicted molar refractivity (Wildman–Crippen MR) is 91.2 cm³/mol. The summed E-state index contributed by atoms with van der Waals surface area (Å²) in [5.41, 5.74) is 0.166. The quantitative estimate of drug-likeness (QED) is 0.837. The topological polar surface area (TPSA) is 61.7 Å². The lowest BCUT2D eigenvalue weighted by molar-refractivity contribution is -0.122. The van der Waals surface area contributed by atoms with Gasteiger partial charge in [-0.25, -0.2) is 0 Å². The zero-order valence-electron chi connectivity index (χ0n) is 12.2. The van der Waals surface area contributed by atoms with Crippen LogP contribution in [0.15, 0.2) is 35.3 Å². The molecular weight excluding hydrogens is 304 g/mol. The Labute approximate surface area is 133 Å². The number of rotatable bonds is 6. The molecule has 0 radical (unpaired) electrons. The van der Waals surface area contributed by atoms with Crippen LogP contribution in [0, 0.1) is 0 Å². The average Bonchev–Trinajstić information content (AvgIpc) is 2.96. The van der Waals surface area contributed by atoms with Crippen molar-refractivity contribution in [2.75, 3.05) is 24.3 Å². The second-order valence-corrected chi connectivity index (χ2v) is 7.15. The largest absolute Gasteiger partial charge is 0.387 e. The van der Waals surface area contributed by atoms with Gasteiger partial charge in [-0.05, 0) is 13.2 Å². The third-order valence-corrected chi connectivity index (χ3v) is 5.08. The van der Waals surface area contributed by atoms with Gasteiger partial charge in [-0.3, -0.25) is 9.79 Å². The van der Waals surface area contributed by atoms with Crippen LogP contribution in [0.4, 0.5) is 0 Å². The summed E-state index contributed by atoms with van der Waals surface area (Å²) in [5.74, 6) is 1.13. The molecule has 21 heavy (non-hydrogen) atoms. The highest BCUT2D eigenvalue weighted by molar-refractivity contribution is 8.14. The monoisotopic (exact) mass is 324 g/mol. The van der Waals surface area contributed by atoms with Crippen molar-refractivity contribution in [1.82, 2.24) is 5.32 Å². The molecule has 1 amide bonds. The van der Waals surface area contributed by atoms with E-state index in [-0.39, 0.29) is 18.5 Å². The van der Waals surface area contributed by atoms with Gasteiger partial charge in [0.2, 0.25) is 5.91 Å². The molecule has 0 aliphatic carbocycles. The highest BCUT2D eigenvalue weighted by Gasteiger charge is 2.27. The molecule has 0 aromatic heterocycles. The van der Waals surface area contributed by atoms with E-state index >= 15 is 0 Å². The van der Waals surface area contributed by atoms with Crippen molar-refractivity contribution in [2.45, 2.75) is 18.6 Å². The normalized spacial score (nSPS) is 20.7. The molecule has 0 bridgehead atoms. The van der Waals surface area contributed by atoms with E-state index in [0.717, 1.165) is 10.6 Å². The summed E-state index contributed by atoms with van der Waals surface area (Å²) in [6.45, 7) is 1.98. The van der Waals surface area contributed by atoms with Crippen LogP contribution in [0.2, 0.25) is 0 Å². The van der Waals surface area contributed by atoms with E-state index < -0.39 is 5.60 Å². The first-order chi connectivity index (χ1) is 10.0. The highest BCUT2D eigenvalue weighted by atomic mass is 32.2. The number of amides is 1. The number of hydrogen-bond donors (Lipinski definition) is 2. The molecule has 0 saturated carbocycles. The number of nitrogens with zero attached hydrogens (tertiary/aromatic N) is 1. The van der Waals surface area contributed by atoms with Gasteiger partial charge in [0.15, 0.2) is 0 Å². The van der Waals surface area contributed by atoms with Gasteiger partial charge in [0.05, 0.1) is 10.6 Å². The summed E-state index contributed by atoms with van der Waals surface area (Å²) in [6, 6.07) is 9.51. The van der Waals surface area contributed by atoms with Crippen molar-refractivity contribution in [2.24, 2.45) is 4.99 Å². The number of benzene rings is 1. The van der Waals surface area contributed by atoms with Crippen LogP contribution in [0.25, 0.3) is 0 Å². The maximum atomic E-state index is 12.1. The lowest BCUT2D eigenvalue weighted by Gasteiger charge is -2.23. The number of aliphatic imine (C=N–C) groups is 1. The van der Waals surface area contributed by atoms with Crippen LogP contribution in [0.5, 0.6) is 0 Å².